The molecule has 0 aliphatic carbocycles. The molecule has 0 radical (unpaired) electrons. The summed E-state index contributed by atoms with van der Waals surface area (Å²) in [6.45, 7) is 0.829. The summed E-state index contributed by atoms with van der Waals surface area (Å²) >= 11 is 0. The van der Waals surface area contributed by atoms with Crippen LogP contribution in [0.25, 0.3) is 0 Å². The van der Waals surface area contributed by atoms with Gasteiger partial charge < -0.3 is 10.6 Å². The van der Waals surface area contributed by atoms with Crippen molar-refractivity contribution in [3.8, 4) is 0 Å². The lowest BCUT2D eigenvalue weighted by atomic mass is 9.98. The average Bonchev–Trinajstić information content (AvgIpc) is 2.12. The fraction of sp³-hybridized carbons (Fsp3) is 0.875. The average molecular weight is 154 g/mol. The molecule has 2 fully saturated rings. The molecule has 1 amide bonds. The number of hydrogen-bond acceptors (Lipinski definition) is 2. The number of rotatable bonds is 0. The van der Waals surface area contributed by atoms with Crippen molar-refractivity contribution in [2.75, 3.05) is 6.54 Å². The van der Waals surface area contributed by atoms with Crippen molar-refractivity contribution >= 4 is 5.91 Å². The molecular formula is C8H14N2O. The Morgan fingerprint density at radius 2 is 2.09 bits per heavy atom. The number of carbonyl (C=O) groups excluding carboxylic acids is 1. The summed E-state index contributed by atoms with van der Waals surface area (Å²) in [5, 5.41) is 6.38. The molecular weight excluding hydrogens is 140 g/mol. The number of fused-ring (bicyclic) bond motifs is 2. The number of nitrogens with one attached hydrogen (secondary N) is 2. The van der Waals surface area contributed by atoms with Crippen LogP contribution in [0.4, 0.5) is 0 Å². The highest BCUT2D eigenvalue weighted by molar-refractivity contribution is 5.76. The number of carbonyl (C=O) groups is 1. The van der Waals surface area contributed by atoms with Gasteiger partial charge in [0.15, 0.2) is 0 Å². The molecule has 0 spiro atoms. The Morgan fingerprint density at radius 3 is 3.00 bits per heavy atom. The van der Waals surface area contributed by atoms with Crippen LogP contribution in [0.2, 0.25) is 0 Å². The zero-order valence-corrected chi connectivity index (χ0v) is 6.60. The van der Waals surface area contributed by atoms with Gasteiger partial charge in [-0.05, 0) is 12.8 Å². The van der Waals surface area contributed by atoms with Gasteiger partial charge in [-0.15, -0.1) is 0 Å². The normalized spacial score (nSPS) is 37.6. The number of amides is 1. The summed E-state index contributed by atoms with van der Waals surface area (Å²) < 4.78 is 0. The highest BCUT2D eigenvalue weighted by atomic mass is 16.1. The van der Waals surface area contributed by atoms with Crippen molar-refractivity contribution in [1.82, 2.24) is 10.6 Å². The summed E-state index contributed by atoms with van der Waals surface area (Å²) in [5.41, 5.74) is 0. The van der Waals surface area contributed by atoms with Crippen LogP contribution >= 0.6 is 0 Å². The van der Waals surface area contributed by atoms with Crippen LogP contribution in [0, 0.1) is 0 Å². The van der Waals surface area contributed by atoms with E-state index in [-0.39, 0.29) is 5.91 Å². The Hall–Kier alpha value is -0.570. The van der Waals surface area contributed by atoms with Crippen molar-refractivity contribution in [2.45, 2.75) is 37.8 Å². The van der Waals surface area contributed by atoms with Crippen molar-refractivity contribution in [1.29, 1.82) is 0 Å². The highest BCUT2D eigenvalue weighted by Gasteiger charge is 2.26. The van der Waals surface area contributed by atoms with Crippen LogP contribution in [0.1, 0.15) is 25.7 Å². The Kier molecular flexibility index (Phi) is 1.82. The van der Waals surface area contributed by atoms with E-state index < -0.39 is 0 Å². The second-order valence-corrected chi connectivity index (χ2v) is 3.50. The Labute approximate surface area is 66.5 Å². The lowest BCUT2D eigenvalue weighted by molar-refractivity contribution is -0.121. The fourth-order valence-electron chi connectivity index (χ4n) is 1.97. The molecule has 2 atom stereocenters. The van der Waals surface area contributed by atoms with E-state index >= 15 is 0 Å². The van der Waals surface area contributed by atoms with Crippen molar-refractivity contribution in [3.63, 3.8) is 0 Å². The van der Waals surface area contributed by atoms with Crippen LogP contribution in [-0.4, -0.2) is 24.5 Å². The summed E-state index contributed by atoms with van der Waals surface area (Å²) in [6.07, 6.45) is 4.34. The van der Waals surface area contributed by atoms with E-state index in [1.165, 1.54) is 19.3 Å². The first-order chi connectivity index (χ1) is 5.34. The molecule has 2 N–H and O–H groups in total. The maximum absolute atomic E-state index is 11.1. The van der Waals surface area contributed by atoms with Gasteiger partial charge in [0.2, 0.25) is 5.91 Å². The molecule has 0 unspecified atom stereocenters. The Bertz CT molecular complexity index is 169. The predicted molar refractivity (Wildman–Crippen MR) is 42.2 cm³/mol. The third-order valence-electron chi connectivity index (χ3n) is 2.55. The maximum atomic E-state index is 11.1. The first-order valence-electron chi connectivity index (χ1n) is 4.37. The van der Waals surface area contributed by atoms with E-state index in [9.17, 15) is 4.79 Å². The number of piperidine rings is 1. The molecule has 0 saturated carbocycles. The van der Waals surface area contributed by atoms with E-state index in [4.69, 9.17) is 0 Å². The van der Waals surface area contributed by atoms with Crippen molar-refractivity contribution in [3.05, 3.63) is 0 Å². The molecule has 11 heavy (non-hydrogen) atoms. The van der Waals surface area contributed by atoms with Gasteiger partial charge >= 0.3 is 0 Å². The molecule has 2 saturated heterocycles. The van der Waals surface area contributed by atoms with Gasteiger partial charge in [-0.3, -0.25) is 4.79 Å². The molecule has 0 aromatic carbocycles. The Balaban J connectivity index is 2.04. The van der Waals surface area contributed by atoms with Gasteiger partial charge in [-0.1, -0.05) is 6.42 Å². The summed E-state index contributed by atoms with van der Waals surface area (Å²) in [6, 6.07) is 0.997. The summed E-state index contributed by atoms with van der Waals surface area (Å²) in [5.74, 6) is 0.215. The molecule has 62 valence electrons. The minimum atomic E-state index is 0.215. The molecule has 2 aliphatic rings. The quantitative estimate of drug-likeness (QED) is 0.516. The van der Waals surface area contributed by atoms with E-state index in [2.05, 4.69) is 10.6 Å². The third kappa shape index (κ3) is 1.53. The predicted octanol–water partition coefficient (Wildman–Crippen LogP) is 0.0170. The summed E-state index contributed by atoms with van der Waals surface area (Å²) in [7, 11) is 0. The topological polar surface area (TPSA) is 41.1 Å². The van der Waals surface area contributed by atoms with Gasteiger partial charge in [0.25, 0.3) is 0 Å². The smallest absolute Gasteiger partial charge is 0.221 e. The van der Waals surface area contributed by atoms with Gasteiger partial charge in [-0.25, -0.2) is 0 Å². The van der Waals surface area contributed by atoms with Crippen LogP contribution in [-0.2, 0) is 4.79 Å². The van der Waals surface area contributed by atoms with E-state index in [1.54, 1.807) is 0 Å². The third-order valence-corrected chi connectivity index (χ3v) is 2.55. The Morgan fingerprint density at radius 1 is 1.27 bits per heavy atom. The van der Waals surface area contributed by atoms with E-state index in [0.717, 1.165) is 6.54 Å². The largest absolute Gasteiger partial charge is 0.354 e. The molecule has 2 rings (SSSR count). The first kappa shape index (κ1) is 7.10. The molecule has 3 heteroatoms. The fourth-order valence-corrected chi connectivity index (χ4v) is 1.97. The van der Waals surface area contributed by atoms with Gasteiger partial charge in [0.1, 0.15) is 0 Å². The minimum Gasteiger partial charge on any atom is -0.354 e. The first-order valence-corrected chi connectivity index (χ1v) is 4.37. The minimum absolute atomic E-state index is 0.215. The van der Waals surface area contributed by atoms with Gasteiger partial charge in [-0.2, -0.15) is 0 Å². The standard InChI is InChI=1S/C8H14N2O/c11-8-4-6-2-1-3-7(10-6)5-9-8/h6-7,10H,1-5H2,(H,9,11)/t6-,7+/m0/s1. The van der Waals surface area contributed by atoms with Gasteiger partial charge in [0, 0.05) is 25.0 Å². The molecule has 0 aromatic heterocycles. The van der Waals surface area contributed by atoms with Crippen LogP contribution < -0.4 is 10.6 Å². The lowest BCUT2D eigenvalue weighted by Gasteiger charge is -2.26. The molecule has 3 nitrogen and oxygen atoms in total. The monoisotopic (exact) mass is 154 g/mol. The van der Waals surface area contributed by atoms with E-state index in [1.807, 2.05) is 0 Å². The maximum Gasteiger partial charge on any atom is 0.221 e. The molecule has 2 aliphatic heterocycles. The second kappa shape index (κ2) is 2.81. The van der Waals surface area contributed by atoms with E-state index in [0.29, 0.717) is 18.5 Å². The lowest BCUT2D eigenvalue weighted by Crippen LogP contribution is -2.43. The zero-order chi connectivity index (χ0) is 7.68. The zero-order valence-electron chi connectivity index (χ0n) is 6.60. The summed E-state index contributed by atoms with van der Waals surface area (Å²) in [4.78, 5) is 11.1. The molecule has 2 heterocycles. The number of hydrogen-bond donors (Lipinski definition) is 2. The second-order valence-electron chi connectivity index (χ2n) is 3.50. The molecule has 2 bridgehead atoms. The highest BCUT2D eigenvalue weighted by Crippen LogP contribution is 2.16. The SMILES string of the molecule is O=C1C[C@@H]2CCC[C@H](CN1)N2. The van der Waals surface area contributed by atoms with Crippen LogP contribution in [0.3, 0.4) is 0 Å². The van der Waals surface area contributed by atoms with Crippen molar-refractivity contribution < 1.29 is 4.79 Å². The van der Waals surface area contributed by atoms with Crippen LogP contribution in [0.15, 0.2) is 0 Å². The molecule has 0 aromatic rings. The van der Waals surface area contributed by atoms with Crippen LogP contribution in [0.5, 0.6) is 0 Å². The van der Waals surface area contributed by atoms with Gasteiger partial charge in [0.05, 0.1) is 0 Å². The van der Waals surface area contributed by atoms with Crippen molar-refractivity contribution in [2.24, 2.45) is 0 Å².